The third-order valence-corrected chi connectivity index (χ3v) is 4.93. The molecule has 0 aliphatic carbocycles. The number of halogens is 1. The Morgan fingerprint density at radius 2 is 1.78 bits per heavy atom. The Hall–Kier alpha value is -2.60. The fourth-order valence-corrected chi connectivity index (χ4v) is 3.34. The van der Waals surface area contributed by atoms with Crippen molar-refractivity contribution in [1.82, 2.24) is 0 Å². The number of rotatable bonds is 6. The van der Waals surface area contributed by atoms with Crippen molar-refractivity contribution in [3.63, 3.8) is 0 Å². The van der Waals surface area contributed by atoms with E-state index in [9.17, 15) is 4.79 Å². The predicted octanol–water partition coefficient (Wildman–Crippen LogP) is 5.05. The highest BCUT2D eigenvalue weighted by Crippen LogP contribution is 2.35. The lowest BCUT2D eigenvalue weighted by atomic mass is 10.0. The first-order valence-corrected chi connectivity index (χ1v) is 9.49. The van der Waals surface area contributed by atoms with E-state index >= 15 is 0 Å². The zero-order valence-corrected chi connectivity index (χ0v) is 17.1. The zero-order chi connectivity index (χ0) is 19.4. The van der Waals surface area contributed by atoms with Gasteiger partial charge in [0.25, 0.3) is 5.91 Å². The molecule has 0 radical (unpaired) electrons. The molecule has 1 aliphatic rings. The molecule has 27 heavy (non-hydrogen) atoms. The molecule has 0 bridgehead atoms. The average Bonchev–Trinajstić information content (AvgIpc) is 2.99. The van der Waals surface area contributed by atoms with E-state index in [2.05, 4.69) is 28.0 Å². The van der Waals surface area contributed by atoms with Gasteiger partial charge in [-0.1, -0.05) is 47.5 Å². The number of hydrogen-bond acceptors (Lipinski definition) is 4. The maximum absolute atomic E-state index is 13.1. The van der Waals surface area contributed by atoms with E-state index < -0.39 is 0 Å². The van der Waals surface area contributed by atoms with Crippen LogP contribution in [0.3, 0.4) is 0 Å². The zero-order valence-electron chi connectivity index (χ0n) is 15.5. The van der Waals surface area contributed by atoms with E-state index in [1.165, 1.54) is 5.01 Å². The SMILES string of the molecule is CCCC1=NN(c2ccccc2)C(=O)/C1=C/c1cc(OC)c(OC)cc1Br. The van der Waals surface area contributed by atoms with Crippen molar-refractivity contribution >= 4 is 39.3 Å². The van der Waals surface area contributed by atoms with E-state index in [4.69, 9.17) is 9.47 Å². The molecule has 0 saturated heterocycles. The molecule has 0 fully saturated rings. The highest BCUT2D eigenvalue weighted by molar-refractivity contribution is 9.10. The molecule has 2 aromatic rings. The van der Waals surface area contributed by atoms with Crippen molar-refractivity contribution in [3.05, 3.63) is 58.1 Å². The molecule has 0 unspecified atom stereocenters. The summed E-state index contributed by atoms with van der Waals surface area (Å²) in [6.45, 7) is 2.07. The summed E-state index contributed by atoms with van der Waals surface area (Å²) in [5.74, 6) is 1.09. The van der Waals surface area contributed by atoms with Crippen molar-refractivity contribution in [2.45, 2.75) is 19.8 Å². The van der Waals surface area contributed by atoms with Gasteiger partial charge in [-0.05, 0) is 42.3 Å². The molecule has 3 rings (SSSR count). The number of anilines is 1. The number of ether oxygens (including phenoxy) is 2. The summed E-state index contributed by atoms with van der Waals surface area (Å²) < 4.78 is 11.5. The molecule has 5 nitrogen and oxygen atoms in total. The van der Waals surface area contributed by atoms with Gasteiger partial charge in [0.1, 0.15) is 0 Å². The molecule has 1 amide bonds. The number of carbonyl (C=O) groups excluding carboxylic acids is 1. The first-order chi connectivity index (χ1) is 13.1. The molecule has 6 heteroatoms. The lowest BCUT2D eigenvalue weighted by Gasteiger charge is -2.12. The van der Waals surface area contributed by atoms with Crippen LogP contribution in [0.25, 0.3) is 6.08 Å². The second-order valence-electron chi connectivity index (χ2n) is 6.04. The Labute approximate surface area is 167 Å². The van der Waals surface area contributed by atoms with Crippen LogP contribution in [0.1, 0.15) is 25.3 Å². The summed E-state index contributed by atoms with van der Waals surface area (Å²) in [6.07, 6.45) is 3.48. The van der Waals surface area contributed by atoms with Crippen LogP contribution in [0, 0.1) is 0 Å². The van der Waals surface area contributed by atoms with Gasteiger partial charge in [-0.25, -0.2) is 0 Å². The standard InChI is InChI=1S/C21H21BrN2O3/c1-4-8-18-16(21(25)24(23-18)15-9-6-5-7-10-15)11-14-12-19(26-2)20(27-3)13-17(14)22/h5-7,9-13H,4,8H2,1-3H3/b16-11+. The van der Waals surface area contributed by atoms with Gasteiger partial charge in [0.2, 0.25) is 0 Å². The molecule has 1 heterocycles. The normalized spacial score (nSPS) is 15.3. The molecular weight excluding hydrogens is 408 g/mol. The Kier molecular flexibility index (Phi) is 5.96. The van der Waals surface area contributed by atoms with Crippen LogP contribution >= 0.6 is 15.9 Å². The van der Waals surface area contributed by atoms with Crippen LogP contribution in [0.15, 0.2) is 57.6 Å². The number of amides is 1. The largest absolute Gasteiger partial charge is 0.493 e. The topological polar surface area (TPSA) is 51.1 Å². The van der Waals surface area contributed by atoms with E-state index in [0.29, 0.717) is 17.1 Å². The van der Waals surface area contributed by atoms with E-state index in [1.54, 1.807) is 14.2 Å². The Balaban J connectivity index is 2.04. The number of methoxy groups -OCH3 is 2. The highest BCUT2D eigenvalue weighted by atomic mass is 79.9. The molecule has 0 N–H and O–H groups in total. The van der Waals surface area contributed by atoms with Crippen LogP contribution in [0.2, 0.25) is 0 Å². The summed E-state index contributed by atoms with van der Waals surface area (Å²) in [6, 6.07) is 13.1. The van der Waals surface area contributed by atoms with Gasteiger partial charge in [0.05, 0.1) is 31.2 Å². The van der Waals surface area contributed by atoms with Gasteiger partial charge in [-0.3, -0.25) is 4.79 Å². The van der Waals surface area contributed by atoms with Crippen LogP contribution in [0.4, 0.5) is 5.69 Å². The van der Waals surface area contributed by atoms with Gasteiger partial charge in [0, 0.05) is 4.47 Å². The summed E-state index contributed by atoms with van der Waals surface area (Å²) in [4.78, 5) is 13.1. The summed E-state index contributed by atoms with van der Waals surface area (Å²) in [5.41, 5.74) is 2.96. The summed E-state index contributed by atoms with van der Waals surface area (Å²) in [5, 5.41) is 6.04. The molecule has 0 spiro atoms. The lowest BCUT2D eigenvalue weighted by Crippen LogP contribution is -2.21. The number of nitrogens with zero attached hydrogens (tertiary/aromatic N) is 2. The first-order valence-electron chi connectivity index (χ1n) is 8.69. The monoisotopic (exact) mass is 428 g/mol. The molecule has 0 saturated carbocycles. The minimum absolute atomic E-state index is 0.133. The van der Waals surface area contributed by atoms with Crippen LogP contribution in [-0.4, -0.2) is 25.8 Å². The van der Waals surface area contributed by atoms with Gasteiger partial charge >= 0.3 is 0 Å². The van der Waals surface area contributed by atoms with Gasteiger partial charge < -0.3 is 9.47 Å². The molecule has 0 atom stereocenters. The quantitative estimate of drug-likeness (QED) is 0.604. The molecule has 1 aliphatic heterocycles. The van der Waals surface area contributed by atoms with E-state index in [1.807, 2.05) is 48.5 Å². The second-order valence-corrected chi connectivity index (χ2v) is 6.89. The fourth-order valence-electron chi connectivity index (χ4n) is 2.90. The van der Waals surface area contributed by atoms with Crippen molar-refractivity contribution in [1.29, 1.82) is 0 Å². The number of benzene rings is 2. The maximum atomic E-state index is 13.1. The Morgan fingerprint density at radius 3 is 2.41 bits per heavy atom. The second kappa shape index (κ2) is 8.39. The van der Waals surface area contributed by atoms with Crippen LogP contribution in [0.5, 0.6) is 11.5 Å². The minimum atomic E-state index is -0.133. The van der Waals surface area contributed by atoms with Crippen molar-refractivity contribution < 1.29 is 14.3 Å². The maximum Gasteiger partial charge on any atom is 0.280 e. The smallest absolute Gasteiger partial charge is 0.280 e. The van der Waals surface area contributed by atoms with Gasteiger partial charge in [-0.15, -0.1) is 0 Å². The number of hydrazone groups is 1. The first kappa shape index (κ1) is 19.2. The van der Waals surface area contributed by atoms with Gasteiger partial charge in [-0.2, -0.15) is 10.1 Å². The van der Waals surface area contributed by atoms with E-state index in [0.717, 1.165) is 34.3 Å². The molecular formula is C21H21BrN2O3. The van der Waals surface area contributed by atoms with Crippen LogP contribution in [-0.2, 0) is 4.79 Å². The van der Waals surface area contributed by atoms with Gasteiger partial charge in [0.15, 0.2) is 11.5 Å². The summed E-state index contributed by atoms with van der Waals surface area (Å²) in [7, 11) is 3.18. The molecule has 2 aromatic carbocycles. The Morgan fingerprint density at radius 1 is 1.11 bits per heavy atom. The average molecular weight is 429 g/mol. The predicted molar refractivity (Wildman–Crippen MR) is 111 cm³/mol. The minimum Gasteiger partial charge on any atom is -0.493 e. The third kappa shape index (κ3) is 3.90. The molecule has 140 valence electrons. The Bertz CT molecular complexity index is 907. The lowest BCUT2D eigenvalue weighted by molar-refractivity contribution is -0.114. The van der Waals surface area contributed by atoms with Crippen molar-refractivity contribution in [3.8, 4) is 11.5 Å². The number of para-hydroxylation sites is 1. The number of carbonyl (C=O) groups is 1. The van der Waals surface area contributed by atoms with E-state index in [-0.39, 0.29) is 5.91 Å². The van der Waals surface area contributed by atoms with Crippen LogP contribution < -0.4 is 14.5 Å². The van der Waals surface area contributed by atoms with Crippen molar-refractivity contribution in [2.24, 2.45) is 5.10 Å². The highest BCUT2D eigenvalue weighted by Gasteiger charge is 2.30. The fraction of sp³-hybridized carbons (Fsp3) is 0.238. The molecule has 0 aromatic heterocycles. The third-order valence-electron chi connectivity index (χ3n) is 4.24. The van der Waals surface area contributed by atoms with Crippen molar-refractivity contribution in [2.75, 3.05) is 19.2 Å². The summed E-state index contributed by atoms with van der Waals surface area (Å²) >= 11 is 3.55. The number of hydrogen-bond donors (Lipinski definition) is 0.